The highest BCUT2D eigenvalue weighted by atomic mass is 16.3. The number of fused-ring (bicyclic) bond motifs is 2. The quantitative estimate of drug-likeness (QED) is 0.551. The number of hydrogen-bond donors (Lipinski definition) is 1. The number of aromatic nitrogens is 4. The van der Waals surface area contributed by atoms with Gasteiger partial charge in [-0.1, -0.05) is 12.1 Å². The Hall–Kier alpha value is -2.69. The summed E-state index contributed by atoms with van der Waals surface area (Å²) in [6.45, 7) is 0. The molecule has 3 heterocycles. The molecule has 0 atom stereocenters. The first kappa shape index (κ1) is 9.35. The summed E-state index contributed by atoms with van der Waals surface area (Å²) < 4.78 is 5.71. The standard InChI is InChI=1S/C13H8N4O/c1-2-6-10-9(5-1)15-13(18-10)11-8-4-3-7-14-12(8)17-16-11/h1-7H,(H,14,16,17). The minimum Gasteiger partial charge on any atom is -0.435 e. The number of rotatable bonds is 1. The second kappa shape index (κ2) is 3.40. The number of benzene rings is 1. The first-order chi connectivity index (χ1) is 8.92. The van der Waals surface area contributed by atoms with Crippen LogP contribution >= 0.6 is 0 Å². The fourth-order valence-corrected chi connectivity index (χ4v) is 1.99. The highest BCUT2D eigenvalue weighted by Crippen LogP contribution is 2.27. The van der Waals surface area contributed by atoms with Crippen LogP contribution in [0.1, 0.15) is 0 Å². The molecular formula is C13H8N4O. The van der Waals surface area contributed by atoms with Gasteiger partial charge in [-0.25, -0.2) is 9.97 Å². The van der Waals surface area contributed by atoms with Crippen molar-refractivity contribution in [3.63, 3.8) is 0 Å². The third-order valence-corrected chi connectivity index (χ3v) is 2.84. The van der Waals surface area contributed by atoms with Gasteiger partial charge in [-0.2, -0.15) is 5.10 Å². The number of nitrogens with one attached hydrogen (secondary N) is 1. The van der Waals surface area contributed by atoms with Crippen LogP contribution in [-0.4, -0.2) is 20.2 Å². The smallest absolute Gasteiger partial charge is 0.246 e. The number of H-pyrrole nitrogens is 1. The fourth-order valence-electron chi connectivity index (χ4n) is 1.99. The molecule has 5 nitrogen and oxygen atoms in total. The Morgan fingerprint density at radius 1 is 1.06 bits per heavy atom. The molecule has 0 aliphatic heterocycles. The number of oxazole rings is 1. The fraction of sp³-hybridized carbons (Fsp3) is 0. The predicted octanol–water partition coefficient (Wildman–Crippen LogP) is 2.77. The third kappa shape index (κ3) is 1.24. The van der Waals surface area contributed by atoms with Crippen LogP contribution < -0.4 is 0 Å². The Morgan fingerprint density at radius 2 is 2.00 bits per heavy atom. The van der Waals surface area contributed by atoms with Gasteiger partial charge in [0.05, 0.1) is 5.39 Å². The summed E-state index contributed by atoms with van der Waals surface area (Å²) in [4.78, 5) is 8.61. The molecule has 0 spiro atoms. The average molecular weight is 236 g/mol. The summed E-state index contributed by atoms with van der Waals surface area (Å²) in [5, 5.41) is 7.96. The summed E-state index contributed by atoms with van der Waals surface area (Å²) in [5.41, 5.74) is 3.02. The zero-order valence-corrected chi connectivity index (χ0v) is 9.29. The van der Waals surface area contributed by atoms with Crippen LogP contribution in [0.15, 0.2) is 47.0 Å². The van der Waals surface area contributed by atoms with Gasteiger partial charge in [-0.15, -0.1) is 0 Å². The lowest BCUT2D eigenvalue weighted by Crippen LogP contribution is -1.77. The average Bonchev–Trinajstić information content (AvgIpc) is 3.02. The molecule has 0 saturated heterocycles. The molecule has 0 radical (unpaired) electrons. The van der Waals surface area contributed by atoms with Gasteiger partial charge < -0.3 is 4.42 Å². The van der Waals surface area contributed by atoms with Crippen LogP contribution in [0.2, 0.25) is 0 Å². The largest absolute Gasteiger partial charge is 0.435 e. The predicted molar refractivity (Wildman–Crippen MR) is 66.9 cm³/mol. The lowest BCUT2D eigenvalue weighted by molar-refractivity contribution is 0.617. The van der Waals surface area contributed by atoms with E-state index in [1.807, 2.05) is 36.4 Å². The minimum absolute atomic E-state index is 0.534. The van der Waals surface area contributed by atoms with Gasteiger partial charge in [0.1, 0.15) is 11.2 Å². The molecule has 3 aromatic heterocycles. The summed E-state index contributed by atoms with van der Waals surface area (Å²) in [7, 11) is 0. The van der Waals surface area contributed by atoms with Gasteiger partial charge in [0, 0.05) is 6.20 Å². The van der Waals surface area contributed by atoms with E-state index in [0.29, 0.717) is 11.5 Å². The Labute approximate surface area is 101 Å². The number of aromatic amines is 1. The topological polar surface area (TPSA) is 67.6 Å². The first-order valence-electron chi connectivity index (χ1n) is 5.57. The van der Waals surface area contributed by atoms with Crippen molar-refractivity contribution in [3.8, 4) is 11.6 Å². The maximum absolute atomic E-state index is 5.71. The lowest BCUT2D eigenvalue weighted by atomic mass is 10.2. The lowest BCUT2D eigenvalue weighted by Gasteiger charge is -1.89. The zero-order chi connectivity index (χ0) is 11.9. The number of para-hydroxylation sites is 2. The third-order valence-electron chi connectivity index (χ3n) is 2.84. The Bertz CT molecular complexity index is 813. The maximum atomic E-state index is 5.71. The Balaban J connectivity index is 2.01. The molecular weight excluding hydrogens is 228 g/mol. The molecule has 1 N–H and O–H groups in total. The molecule has 0 unspecified atom stereocenters. The van der Waals surface area contributed by atoms with E-state index in [4.69, 9.17) is 4.42 Å². The second-order valence-electron chi connectivity index (χ2n) is 3.96. The van der Waals surface area contributed by atoms with Crippen LogP contribution in [0.4, 0.5) is 0 Å². The van der Waals surface area contributed by atoms with Crippen molar-refractivity contribution in [1.29, 1.82) is 0 Å². The van der Waals surface area contributed by atoms with Gasteiger partial charge >= 0.3 is 0 Å². The van der Waals surface area contributed by atoms with Gasteiger partial charge in [0.15, 0.2) is 11.2 Å². The van der Waals surface area contributed by atoms with E-state index in [1.54, 1.807) is 6.20 Å². The van der Waals surface area contributed by atoms with E-state index in [0.717, 1.165) is 22.2 Å². The maximum Gasteiger partial charge on any atom is 0.246 e. The van der Waals surface area contributed by atoms with E-state index in [-0.39, 0.29) is 0 Å². The van der Waals surface area contributed by atoms with Gasteiger partial charge in [0.2, 0.25) is 5.89 Å². The van der Waals surface area contributed by atoms with E-state index in [9.17, 15) is 0 Å². The van der Waals surface area contributed by atoms with Crippen LogP contribution in [0.3, 0.4) is 0 Å². The molecule has 0 bridgehead atoms. The van der Waals surface area contributed by atoms with Crippen LogP contribution in [-0.2, 0) is 0 Å². The number of pyridine rings is 1. The van der Waals surface area contributed by atoms with Crippen LogP contribution in [0.5, 0.6) is 0 Å². The molecule has 5 heteroatoms. The molecule has 86 valence electrons. The first-order valence-corrected chi connectivity index (χ1v) is 5.57. The highest BCUT2D eigenvalue weighted by Gasteiger charge is 2.13. The highest BCUT2D eigenvalue weighted by molar-refractivity contribution is 5.89. The number of nitrogens with zero attached hydrogens (tertiary/aromatic N) is 3. The van der Waals surface area contributed by atoms with Gasteiger partial charge in [-0.3, -0.25) is 5.10 Å². The summed E-state index contributed by atoms with van der Waals surface area (Å²) in [6, 6.07) is 11.5. The van der Waals surface area contributed by atoms with E-state index < -0.39 is 0 Å². The molecule has 0 saturated carbocycles. The molecule has 1 aromatic carbocycles. The van der Waals surface area contributed by atoms with Gasteiger partial charge in [-0.05, 0) is 24.3 Å². The normalized spacial score (nSPS) is 11.3. The summed E-state index contributed by atoms with van der Waals surface area (Å²) >= 11 is 0. The molecule has 0 amide bonds. The van der Waals surface area contributed by atoms with Crippen molar-refractivity contribution >= 4 is 22.1 Å². The van der Waals surface area contributed by atoms with Crippen LogP contribution in [0, 0.1) is 0 Å². The Morgan fingerprint density at radius 3 is 2.94 bits per heavy atom. The van der Waals surface area contributed by atoms with Crippen molar-refractivity contribution in [2.75, 3.05) is 0 Å². The van der Waals surface area contributed by atoms with Crippen molar-refractivity contribution in [2.45, 2.75) is 0 Å². The molecule has 0 fully saturated rings. The van der Waals surface area contributed by atoms with E-state index in [1.165, 1.54) is 0 Å². The molecule has 0 aliphatic rings. The monoisotopic (exact) mass is 236 g/mol. The van der Waals surface area contributed by atoms with E-state index in [2.05, 4.69) is 20.2 Å². The van der Waals surface area contributed by atoms with E-state index >= 15 is 0 Å². The van der Waals surface area contributed by atoms with Crippen molar-refractivity contribution in [2.24, 2.45) is 0 Å². The van der Waals surface area contributed by atoms with Crippen molar-refractivity contribution in [3.05, 3.63) is 42.6 Å². The van der Waals surface area contributed by atoms with Gasteiger partial charge in [0.25, 0.3) is 0 Å². The molecule has 0 aliphatic carbocycles. The number of hydrogen-bond acceptors (Lipinski definition) is 4. The Kier molecular flexibility index (Phi) is 1.77. The molecule has 4 rings (SSSR count). The summed E-state index contributed by atoms with van der Waals surface area (Å²) in [5.74, 6) is 0.534. The summed E-state index contributed by atoms with van der Waals surface area (Å²) in [6.07, 6.45) is 1.71. The van der Waals surface area contributed by atoms with Crippen molar-refractivity contribution in [1.82, 2.24) is 20.2 Å². The second-order valence-corrected chi connectivity index (χ2v) is 3.96. The zero-order valence-electron chi connectivity index (χ0n) is 9.29. The molecule has 4 aromatic rings. The minimum atomic E-state index is 0.534. The SMILES string of the molecule is c1ccc2oc(-c3[nH]nc4ncccc34)nc2c1. The van der Waals surface area contributed by atoms with Crippen LogP contribution in [0.25, 0.3) is 33.7 Å². The molecule has 18 heavy (non-hydrogen) atoms. The van der Waals surface area contributed by atoms with Crippen molar-refractivity contribution < 1.29 is 4.42 Å².